The van der Waals surface area contributed by atoms with Gasteiger partial charge >= 0.3 is 12.1 Å². The fourth-order valence-electron chi connectivity index (χ4n) is 4.49. The average molecular weight is 550 g/mol. The Morgan fingerprint density at radius 2 is 1.85 bits per heavy atom. The molecule has 0 radical (unpaired) electrons. The molecular weight excluding hydrogens is 522 g/mol. The normalized spacial score (nSPS) is 15.7. The number of ether oxygens (including phenoxy) is 2. The van der Waals surface area contributed by atoms with Crippen LogP contribution in [0.25, 0.3) is 33.8 Å². The zero-order valence-electron chi connectivity index (χ0n) is 22.1. The van der Waals surface area contributed by atoms with E-state index in [-0.39, 0.29) is 36.5 Å². The molecule has 0 aromatic carbocycles. The van der Waals surface area contributed by atoms with Gasteiger partial charge in [-0.3, -0.25) is 0 Å². The van der Waals surface area contributed by atoms with Crippen LogP contribution in [0.3, 0.4) is 0 Å². The van der Waals surface area contributed by atoms with E-state index in [1.165, 1.54) is 11.2 Å². The van der Waals surface area contributed by atoms with Crippen molar-refractivity contribution < 1.29 is 28.7 Å². The molecule has 2 aliphatic rings. The van der Waals surface area contributed by atoms with E-state index >= 15 is 0 Å². The number of likely N-dealkylation sites (tertiary alicyclic amines) is 1. The van der Waals surface area contributed by atoms with Crippen LogP contribution >= 0.6 is 0 Å². The SMILES string of the molecule is CC(C)(C)n1nc(-c2noc(C3CC3)c2-c2ncc(OC3CN(C(=O)OCC(=O)O)C3)cn2)c2c(N)ncnc21. The van der Waals surface area contributed by atoms with Crippen LogP contribution in [0.2, 0.25) is 0 Å². The molecule has 1 aliphatic carbocycles. The second kappa shape index (κ2) is 9.43. The van der Waals surface area contributed by atoms with Crippen LogP contribution in [0, 0.1) is 0 Å². The molecule has 1 amide bonds. The third kappa shape index (κ3) is 4.63. The van der Waals surface area contributed by atoms with E-state index < -0.39 is 18.7 Å². The third-order valence-electron chi connectivity index (χ3n) is 6.60. The van der Waals surface area contributed by atoms with E-state index in [0.717, 1.165) is 12.8 Å². The third-order valence-corrected chi connectivity index (χ3v) is 6.60. The van der Waals surface area contributed by atoms with Gasteiger partial charge in [-0.25, -0.2) is 34.2 Å². The number of carboxylic acids is 1. The average Bonchev–Trinajstić information content (AvgIpc) is 3.50. The predicted molar refractivity (Wildman–Crippen MR) is 138 cm³/mol. The van der Waals surface area contributed by atoms with Crippen LogP contribution in [0.5, 0.6) is 5.75 Å². The van der Waals surface area contributed by atoms with Crippen molar-refractivity contribution >= 4 is 28.9 Å². The summed E-state index contributed by atoms with van der Waals surface area (Å²) in [6.07, 6.45) is 5.45. The fourth-order valence-corrected chi connectivity index (χ4v) is 4.49. The smallest absolute Gasteiger partial charge is 0.410 e. The Morgan fingerprint density at radius 1 is 1.12 bits per heavy atom. The van der Waals surface area contributed by atoms with Crippen molar-refractivity contribution in [1.82, 2.24) is 39.8 Å². The van der Waals surface area contributed by atoms with Gasteiger partial charge in [0.25, 0.3) is 0 Å². The minimum atomic E-state index is -1.22. The first-order valence-corrected chi connectivity index (χ1v) is 12.7. The second-order valence-corrected chi connectivity index (χ2v) is 10.8. The molecule has 3 N–H and O–H groups in total. The number of carbonyl (C=O) groups is 2. The molecule has 0 bridgehead atoms. The van der Waals surface area contributed by atoms with Gasteiger partial charge in [0.05, 0.1) is 42.0 Å². The molecule has 15 heteroatoms. The molecule has 5 heterocycles. The predicted octanol–water partition coefficient (Wildman–Crippen LogP) is 2.44. The monoisotopic (exact) mass is 549 g/mol. The summed E-state index contributed by atoms with van der Waals surface area (Å²) in [5.74, 6) is 0.773. The Balaban J connectivity index is 1.28. The Hall–Kier alpha value is -4.82. The number of nitrogens with two attached hydrogens (primary N) is 1. The highest BCUT2D eigenvalue weighted by molar-refractivity contribution is 6.00. The molecule has 1 saturated carbocycles. The maximum Gasteiger partial charge on any atom is 0.410 e. The van der Waals surface area contributed by atoms with Gasteiger partial charge in [0.15, 0.2) is 29.6 Å². The summed E-state index contributed by atoms with van der Waals surface area (Å²) in [4.78, 5) is 41.5. The molecule has 1 saturated heterocycles. The number of hydrogen-bond acceptors (Lipinski definition) is 12. The lowest BCUT2D eigenvalue weighted by atomic mass is 10.1. The van der Waals surface area contributed by atoms with Gasteiger partial charge in [0, 0.05) is 5.92 Å². The highest BCUT2D eigenvalue weighted by atomic mass is 16.6. The van der Waals surface area contributed by atoms with E-state index in [0.29, 0.717) is 45.3 Å². The van der Waals surface area contributed by atoms with E-state index in [4.69, 9.17) is 25.2 Å². The van der Waals surface area contributed by atoms with Crippen LogP contribution in [-0.4, -0.2) is 82.7 Å². The first kappa shape index (κ1) is 25.5. The van der Waals surface area contributed by atoms with Gasteiger partial charge in [0.2, 0.25) is 0 Å². The summed E-state index contributed by atoms with van der Waals surface area (Å²) in [5, 5.41) is 18.5. The molecule has 4 aromatic heterocycles. The molecule has 0 unspecified atom stereocenters. The number of fused-ring (bicyclic) bond motifs is 1. The van der Waals surface area contributed by atoms with Crippen molar-refractivity contribution in [2.75, 3.05) is 25.4 Å². The van der Waals surface area contributed by atoms with Crippen molar-refractivity contribution in [3.05, 3.63) is 24.5 Å². The topological polar surface area (TPSA) is 198 Å². The van der Waals surface area contributed by atoms with Crippen LogP contribution in [0.1, 0.15) is 45.3 Å². The number of aliphatic carboxylic acids is 1. The first-order chi connectivity index (χ1) is 19.1. The van der Waals surface area contributed by atoms with Gasteiger partial charge in [0.1, 0.15) is 29.6 Å². The van der Waals surface area contributed by atoms with E-state index in [1.807, 2.05) is 20.8 Å². The summed E-state index contributed by atoms with van der Waals surface area (Å²) < 4.78 is 18.2. The highest BCUT2D eigenvalue weighted by Gasteiger charge is 2.37. The van der Waals surface area contributed by atoms with Crippen molar-refractivity contribution in [1.29, 1.82) is 0 Å². The summed E-state index contributed by atoms with van der Waals surface area (Å²) in [5.41, 5.74) is 8.07. The summed E-state index contributed by atoms with van der Waals surface area (Å²) in [6.45, 7) is 5.88. The van der Waals surface area contributed by atoms with Crippen LogP contribution < -0.4 is 10.5 Å². The molecule has 6 rings (SSSR count). The number of aromatic nitrogens is 7. The zero-order valence-corrected chi connectivity index (χ0v) is 22.1. The number of carbonyl (C=O) groups excluding carboxylic acids is 1. The minimum Gasteiger partial charge on any atom is -0.483 e. The molecule has 4 aromatic rings. The maximum absolute atomic E-state index is 11.8. The van der Waals surface area contributed by atoms with Crippen molar-refractivity contribution in [3.8, 4) is 28.5 Å². The molecule has 2 fully saturated rings. The Bertz CT molecular complexity index is 1600. The lowest BCUT2D eigenvalue weighted by molar-refractivity contribution is -0.140. The van der Waals surface area contributed by atoms with Crippen LogP contribution in [0.4, 0.5) is 10.6 Å². The minimum absolute atomic E-state index is 0.210. The largest absolute Gasteiger partial charge is 0.483 e. The number of nitrogens with zero attached hydrogens (tertiary/aromatic N) is 8. The molecule has 40 heavy (non-hydrogen) atoms. The van der Waals surface area contributed by atoms with Crippen LogP contribution in [0.15, 0.2) is 23.2 Å². The number of rotatable bonds is 7. The standard InChI is InChI=1S/C25H27N9O6/c1-25(2,3)34-23-17(21(26)29-11-30-23)18(31-34)19-16(20(40-32-19)12-4-5-12)22-27-6-13(7-28-22)39-14-8-33(9-14)24(37)38-10-15(35)36/h6-7,11-12,14H,4-5,8-10H2,1-3H3,(H,35,36)(H2,26,29,30). The quantitative estimate of drug-likeness (QED) is 0.341. The summed E-state index contributed by atoms with van der Waals surface area (Å²) in [7, 11) is 0. The zero-order chi connectivity index (χ0) is 28.2. The Kier molecular flexibility index (Phi) is 6.00. The van der Waals surface area contributed by atoms with E-state index in [2.05, 4.69) is 29.8 Å². The van der Waals surface area contributed by atoms with Gasteiger partial charge in [-0.1, -0.05) is 5.16 Å². The second-order valence-electron chi connectivity index (χ2n) is 10.8. The van der Waals surface area contributed by atoms with Crippen molar-refractivity contribution in [3.63, 3.8) is 0 Å². The molecule has 0 atom stereocenters. The number of hydrogen-bond donors (Lipinski definition) is 2. The van der Waals surface area contributed by atoms with Crippen molar-refractivity contribution in [2.45, 2.75) is 51.2 Å². The molecular formula is C25H27N9O6. The molecule has 0 spiro atoms. The maximum atomic E-state index is 11.8. The Labute approximate surface area is 227 Å². The number of amides is 1. The number of nitrogen functional groups attached to an aromatic ring is 1. The number of carboxylic acid groups (broad SMARTS) is 1. The Morgan fingerprint density at radius 3 is 2.50 bits per heavy atom. The molecule has 15 nitrogen and oxygen atoms in total. The fraction of sp³-hybridized carbons (Fsp3) is 0.440. The lowest BCUT2D eigenvalue weighted by Gasteiger charge is -2.37. The van der Waals surface area contributed by atoms with Gasteiger partial charge in [-0.2, -0.15) is 5.10 Å². The summed E-state index contributed by atoms with van der Waals surface area (Å²) in [6, 6.07) is 0. The summed E-state index contributed by atoms with van der Waals surface area (Å²) >= 11 is 0. The number of anilines is 1. The van der Waals surface area contributed by atoms with Gasteiger partial charge in [-0.15, -0.1) is 0 Å². The van der Waals surface area contributed by atoms with E-state index in [1.54, 1.807) is 17.1 Å². The van der Waals surface area contributed by atoms with Crippen LogP contribution in [-0.2, 0) is 15.1 Å². The van der Waals surface area contributed by atoms with Crippen molar-refractivity contribution in [2.24, 2.45) is 0 Å². The van der Waals surface area contributed by atoms with Gasteiger partial charge in [-0.05, 0) is 33.6 Å². The molecule has 208 valence electrons. The van der Waals surface area contributed by atoms with E-state index in [9.17, 15) is 9.59 Å². The first-order valence-electron chi connectivity index (χ1n) is 12.7. The highest BCUT2D eigenvalue weighted by Crippen LogP contribution is 2.48. The lowest BCUT2D eigenvalue weighted by Crippen LogP contribution is -2.56. The molecule has 1 aliphatic heterocycles. The van der Waals surface area contributed by atoms with Gasteiger partial charge < -0.3 is 29.7 Å².